The maximum Gasteiger partial charge on any atom is 0.258 e. The summed E-state index contributed by atoms with van der Waals surface area (Å²) in [5.74, 6) is -0.647. The van der Waals surface area contributed by atoms with Gasteiger partial charge < -0.3 is 10.6 Å². The van der Waals surface area contributed by atoms with Crippen LogP contribution in [-0.2, 0) is 0 Å². The SMILES string of the molecule is CCN(C(=O)c1cccc(F)c1)c1ccc(N)cc1. The number of hydrogen-bond donors (Lipinski definition) is 1. The predicted molar refractivity (Wildman–Crippen MR) is 74.6 cm³/mol. The van der Waals surface area contributed by atoms with Crippen molar-refractivity contribution in [1.82, 2.24) is 0 Å². The zero-order valence-corrected chi connectivity index (χ0v) is 10.6. The van der Waals surface area contributed by atoms with Crippen molar-refractivity contribution in [1.29, 1.82) is 0 Å². The Morgan fingerprint density at radius 1 is 1.21 bits per heavy atom. The molecule has 0 aromatic heterocycles. The summed E-state index contributed by atoms with van der Waals surface area (Å²) in [6.07, 6.45) is 0. The Kier molecular flexibility index (Phi) is 3.80. The highest BCUT2D eigenvalue weighted by atomic mass is 19.1. The van der Waals surface area contributed by atoms with Gasteiger partial charge in [0.1, 0.15) is 5.82 Å². The fourth-order valence-corrected chi connectivity index (χ4v) is 1.88. The fraction of sp³-hybridized carbons (Fsp3) is 0.133. The highest BCUT2D eigenvalue weighted by molar-refractivity contribution is 6.06. The van der Waals surface area contributed by atoms with Crippen molar-refractivity contribution in [3.8, 4) is 0 Å². The molecule has 0 aliphatic rings. The Morgan fingerprint density at radius 3 is 2.47 bits per heavy atom. The standard InChI is InChI=1S/C15H15FN2O/c1-2-18(14-8-6-13(17)7-9-14)15(19)11-4-3-5-12(16)10-11/h3-10H,2,17H2,1H3. The number of halogens is 1. The summed E-state index contributed by atoms with van der Waals surface area (Å²) in [6, 6.07) is 12.7. The lowest BCUT2D eigenvalue weighted by atomic mass is 10.1. The van der Waals surface area contributed by atoms with Crippen LogP contribution in [0.1, 0.15) is 17.3 Å². The van der Waals surface area contributed by atoms with E-state index in [0.717, 1.165) is 5.69 Å². The first-order chi connectivity index (χ1) is 9.11. The van der Waals surface area contributed by atoms with E-state index in [0.29, 0.717) is 17.8 Å². The maximum absolute atomic E-state index is 13.2. The van der Waals surface area contributed by atoms with E-state index in [1.165, 1.54) is 18.2 Å². The third kappa shape index (κ3) is 2.91. The lowest BCUT2D eigenvalue weighted by molar-refractivity contribution is 0.0988. The van der Waals surface area contributed by atoms with Gasteiger partial charge in [-0.3, -0.25) is 4.79 Å². The van der Waals surface area contributed by atoms with E-state index in [-0.39, 0.29) is 5.91 Å². The summed E-state index contributed by atoms with van der Waals surface area (Å²) in [6.45, 7) is 2.37. The van der Waals surface area contributed by atoms with Crippen LogP contribution in [0.5, 0.6) is 0 Å². The molecule has 0 fully saturated rings. The number of nitrogens with two attached hydrogens (primary N) is 1. The Bertz CT molecular complexity index is 581. The first kappa shape index (κ1) is 13.1. The number of nitrogens with zero attached hydrogens (tertiary/aromatic N) is 1. The average molecular weight is 258 g/mol. The summed E-state index contributed by atoms with van der Waals surface area (Å²) in [4.78, 5) is 13.9. The zero-order chi connectivity index (χ0) is 13.8. The van der Waals surface area contributed by atoms with Crippen LogP contribution in [0, 0.1) is 5.82 Å². The predicted octanol–water partition coefficient (Wildman–Crippen LogP) is 3.07. The van der Waals surface area contributed by atoms with Crippen molar-refractivity contribution in [3.63, 3.8) is 0 Å². The molecule has 0 spiro atoms. The van der Waals surface area contributed by atoms with Crippen molar-refractivity contribution in [2.75, 3.05) is 17.2 Å². The van der Waals surface area contributed by atoms with E-state index >= 15 is 0 Å². The molecule has 0 saturated heterocycles. The third-order valence-electron chi connectivity index (χ3n) is 2.84. The topological polar surface area (TPSA) is 46.3 Å². The van der Waals surface area contributed by atoms with E-state index < -0.39 is 5.82 Å². The van der Waals surface area contributed by atoms with E-state index in [9.17, 15) is 9.18 Å². The van der Waals surface area contributed by atoms with Crippen molar-refractivity contribution in [3.05, 3.63) is 59.9 Å². The highest BCUT2D eigenvalue weighted by Crippen LogP contribution is 2.19. The molecule has 0 bridgehead atoms. The number of rotatable bonds is 3. The van der Waals surface area contributed by atoms with E-state index in [2.05, 4.69) is 0 Å². The van der Waals surface area contributed by atoms with Crippen LogP contribution in [0.4, 0.5) is 15.8 Å². The van der Waals surface area contributed by atoms with Gasteiger partial charge in [0, 0.05) is 23.5 Å². The molecule has 0 aliphatic carbocycles. The van der Waals surface area contributed by atoms with Crippen LogP contribution in [0.15, 0.2) is 48.5 Å². The molecule has 2 N–H and O–H groups in total. The number of nitrogen functional groups attached to an aromatic ring is 1. The fourth-order valence-electron chi connectivity index (χ4n) is 1.88. The molecule has 4 heteroatoms. The Labute approximate surface area is 111 Å². The molecule has 3 nitrogen and oxygen atoms in total. The summed E-state index contributed by atoms with van der Waals surface area (Å²) in [5.41, 5.74) is 7.33. The normalized spacial score (nSPS) is 10.2. The van der Waals surface area contributed by atoms with Crippen molar-refractivity contribution < 1.29 is 9.18 Å². The molecule has 2 aromatic rings. The quantitative estimate of drug-likeness (QED) is 0.860. The molecule has 0 atom stereocenters. The molecular formula is C15H15FN2O. The van der Waals surface area contributed by atoms with Gasteiger partial charge in [-0.05, 0) is 49.4 Å². The maximum atomic E-state index is 13.2. The summed E-state index contributed by atoms with van der Waals surface area (Å²) < 4.78 is 13.2. The van der Waals surface area contributed by atoms with E-state index in [1.807, 2.05) is 6.92 Å². The van der Waals surface area contributed by atoms with E-state index in [4.69, 9.17) is 5.73 Å². The summed E-state index contributed by atoms with van der Waals surface area (Å²) in [5, 5.41) is 0. The van der Waals surface area contributed by atoms with Crippen molar-refractivity contribution >= 4 is 17.3 Å². The Hall–Kier alpha value is -2.36. The van der Waals surface area contributed by atoms with E-state index in [1.54, 1.807) is 35.2 Å². The molecule has 0 saturated carbocycles. The van der Waals surface area contributed by atoms with Gasteiger partial charge in [-0.1, -0.05) is 6.07 Å². The number of carbonyl (C=O) groups excluding carboxylic acids is 1. The minimum absolute atomic E-state index is 0.230. The average Bonchev–Trinajstić information content (AvgIpc) is 2.41. The van der Waals surface area contributed by atoms with Crippen LogP contribution in [0.3, 0.4) is 0 Å². The van der Waals surface area contributed by atoms with Crippen LogP contribution in [-0.4, -0.2) is 12.5 Å². The lowest BCUT2D eigenvalue weighted by Gasteiger charge is -2.21. The van der Waals surface area contributed by atoms with Crippen LogP contribution < -0.4 is 10.6 Å². The Morgan fingerprint density at radius 2 is 1.89 bits per heavy atom. The van der Waals surface area contributed by atoms with Gasteiger partial charge in [0.15, 0.2) is 0 Å². The third-order valence-corrected chi connectivity index (χ3v) is 2.84. The molecule has 0 radical (unpaired) electrons. The molecule has 2 rings (SSSR count). The summed E-state index contributed by atoms with van der Waals surface area (Å²) in [7, 11) is 0. The number of benzene rings is 2. The van der Waals surface area contributed by atoms with Gasteiger partial charge in [-0.2, -0.15) is 0 Å². The molecule has 1 amide bonds. The van der Waals surface area contributed by atoms with Gasteiger partial charge in [0.2, 0.25) is 0 Å². The molecule has 0 heterocycles. The second-order valence-corrected chi connectivity index (χ2v) is 4.15. The van der Waals surface area contributed by atoms with Gasteiger partial charge in [0.05, 0.1) is 0 Å². The number of hydrogen-bond acceptors (Lipinski definition) is 2. The van der Waals surface area contributed by atoms with Crippen LogP contribution in [0.2, 0.25) is 0 Å². The minimum atomic E-state index is -0.417. The minimum Gasteiger partial charge on any atom is -0.399 e. The molecule has 0 aliphatic heterocycles. The second kappa shape index (κ2) is 5.52. The molecule has 98 valence electrons. The smallest absolute Gasteiger partial charge is 0.258 e. The zero-order valence-electron chi connectivity index (χ0n) is 10.6. The van der Waals surface area contributed by atoms with Crippen LogP contribution in [0.25, 0.3) is 0 Å². The van der Waals surface area contributed by atoms with Gasteiger partial charge in [0.25, 0.3) is 5.91 Å². The first-order valence-corrected chi connectivity index (χ1v) is 6.05. The molecule has 19 heavy (non-hydrogen) atoms. The number of anilines is 2. The molecule has 2 aromatic carbocycles. The number of amides is 1. The number of carbonyl (C=O) groups is 1. The molecule has 0 unspecified atom stereocenters. The van der Waals surface area contributed by atoms with Crippen LogP contribution >= 0.6 is 0 Å². The largest absolute Gasteiger partial charge is 0.399 e. The molecular weight excluding hydrogens is 243 g/mol. The van der Waals surface area contributed by atoms with Gasteiger partial charge in [-0.25, -0.2) is 4.39 Å². The first-order valence-electron chi connectivity index (χ1n) is 6.05. The second-order valence-electron chi connectivity index (χ2n) is 4.15. The van der Waals surface area contributed by atoms with Gasteiger partial charge in [-0.15, -0.1) is 0 Å². The Balaban J connectivity index is 2.31. The highest BCUT2D eigenvalue weighted by Gasteiger charge is 2.16. The van der Waals surface area contributed by atoms with Gasteiger partial charge >= 0.3 is 0 Å². The monoisotopic (exact) mass is 258 g/mol. The lowest BCUT2D eigenvalue weighted by Crippen LogP contribution is -2.30. The van der Waals surface area contributed by atoms with Crippen molar-refractivity contribution in [2.24, 2.45) is 0 Å². The summed E-state index contributed by atoms with van der Waals surface area (Å²) >= 11 is 0. The van der Waals surface area contributed by atoms with Crippen molar-refractivity contribution in [2.45, 2.75) is 6.92 Å².